The molecule has 0 aromatic rings. The molecule has 0 saturated carbocycles. The Morgan fingerprint density at radius 2 is 2.00 bits per heavy atom. The van der Waals surface area contributed by atoms with Crippen molar-refractivity contribution < 1.29 is 65.4 Å². The maximum atomic E-state index is 3.93. The summed E-state index contributed by atoms with van der Waals surface area (Å²) < 4.78 is 0. The Morgan fingerprint density at radius 1 is 1.46 bits per heavy atom. The van der Waals surface area contributed by atoms with Gasteiger partial charge >= 0.3 is 32.7 Å². The van der Waals surface area contributed by atoms with Gasteiger partial charge in [0.15, 0.2) is 0 Å². The van der Waals surface area contributed by atoms with Gasteiger partial charge in [-0.1, -0.05) is 6.92 Å². The Hall–Kier alpha value is 1.55. The van der Waals surface area contributed by atoms with Gasteiger partial charge in [0.1, 0.15) is 0 Å². The van der Waals surface area contributed by atoms with Crippen LogP contribution in [-0.4, -0.2) is 6.54 Å². The predicted octanol–water partition coefficient (Wildman–Crippen LogP) is 3.23. The fourth-order valence-corrected chi connectivity index (χ4v) is 0.393. The van der Waals surface area contributed by atoms with Crippen LogP contribution in [0, 0.1) is 19.9 Å². The predicted molar refractivity (Wildman–Crippen MR) is 48.8 cm³/mol. The molecule has 0 amide bonds. The number of allylic oxidation sites excluding steroid dienone is 2. The van der Waals surface area contributed by atoms with E-state index in [9.17, 15) is 0 Å². The van der Waals surface area contributed by atoms with Gasteiger partial charge in [-0.2, -0.15) is 30.5 Å². The molecule has 0 aromatic heterocycles. The van der Waals surface area contributed by atoms with Gasteiger partial charge in [0.2, 0.25) is 0 Å². The number of hydrogen-bond donors (Lipinski definition) is 0. The summed E-state index contributed by atoms with van der Waals surface area (Å²) in [4.78, 5) is 0. The Balaban J connectivity index is -0.000000135. The molecular weight excluding hydrogens is 314 g/mol. The molecule has 4 heteroatoms. The van der Waals surface area contributed by atoms with E-state index < -0.39 is 0 Å². The third-order valence-corrected chi connectivity index (χ3v) is 1.10. The van der Waals surface area contributed by atoms with E-state index in [4.69, 9.17) is 0 Å². The van der Waals surface area contributed by atoms with Gasteiger partial charge in [0, 0.05) is 39.3 Å². The summed E-state index contributed by atoms with van der Waals surface area (Å²) in [7, 11) is 0. The van der Waals surface area contributed by atoms with Crippen LogP contribution in [0.4, 0.5) is 0 Å². The van der Waals surface area contributed by atoms with Gasteiger partial charge in [-0.15, -0.1) is 5.70 Å². The zero-order valence-electron chi connectivity index (χ0n) is 9.04. The van der Waals surface area contributed by atoms with Crippen molar-refractivity contribution in [1.82, 2.24) is 0 Å². The van der Waals surface area contributed by atoms with Crippen LogP contribution in [-0.2, 0) is 65.4 Å². The molecule has 0 N–H and O–H groups in total. The normalized spacial score (nSPS) is 9.92. The van der Waals surface area contributed by atoms with Crippen LogP contribution in [0.25, 0.3) is 0 Å². The number of rotatable bonds is 4. The molecule has 2 nitrogen and oxygen atoms in total. The van der Waals surface area contributed by atoms with E-state index >= 15 is 0 Å². The van der Waals surface area contributed by atoms with E-state index in [1.807, 2.05) is 20.8 Å². The number of azo groups is 1. The molecule has 0 aromatic carbocycles. The summed E-state index contributed by atoms with van der Waals surface area (Å²) >= 11 is 0. The van der Waals surface area contributed by atoms with Gasteiger partial charge in [-0.25, -0.2) is 0 Å². The molecule has 1 radical (unpaired) electrons. The van der Waals surface area contributed by atoms with Crippen molar-refractivity contribution in [3.63, 3.8) is 0 Å². The topological polar surface area (TPSA) is 24.7 Å². The van der Waals surface area contributed by atoms with E-state index in [0.717, 1.165) is 18.7 Å². The van der Waals surface area contributed by atoms with Crippen LogP contribution in [0.15, 0.2) is 15.9 Å². The number of nitrogens with zero attached hydrogens (tertiary/aromatic N) is 2. The van der Waals surface area contributed by atoms with Crippen molar-refractivity contribution in [3.8, 4) is 0 Å². The summed E-state index contributed by atoms with van der Waals surface area (Å²) in [5.74, 6) is 0. The van der Waals surface area contributed by atoms with E-state index in [-0.39, 0.29) is 72.8 Å². The molecule has 0 bridgehead atoms. The standard InChI is InChI=1S/C8H14N2.CH3.2Y/c1-4-6-7-9-10-8(3)5-2;;;/h4H,6-7H2,1-3H3;1H3;;/q-2;-1;;+3. The molecule has 0 atom stereocenters. The van der Waals surface area contributed by atoms with Crippen LogP contribution < -0.4 is 0 Å². The largest absolute Gasteiger partial charge is 3.00 e. The second-order valence-corrected chi connectivity index (χ2v) is 2.00. The smallest absolute Gasteiger partial charge is 0.475 e. The quantitative estimate of drug-likeness (QED) is 0.429. The maximum Gasteiger partial charge on any atom is 3.00 e. The summed E-state index contributed by atoms with van der Waals surface area (Å²) in [5, 5.41) is 7.82. The molecule has 0 heterocycles. The molecule has 0 saturated heterocycles. The van der Waals surface area contributed by atoms with Crippen molar-refractivity contribution in [1.29, 1.82) is 0 Å². The second-order valence-electron chi connectivity index (χ2n) is 2.00. The van der Waals surface area contributed by atoms with E-state index in [1.165, 1.54) is 0 Å². The van der Waals surface area contributed by atoms with Crippen LogP contribution in [0.2, 0.25) is 0 Å². The molecule has 0 unspecified atom stereocenters. The first-order chi connectivity index (χ1) is 4.81. The average Bonchev–Trinajstić information content (AvgIpc) is 1.98. The van der Waals surface area contributed by atoms with Crippen LogP contribution in [0.5, 0.6) is 0 Å². The first-order valence-corrected chi connectivity index (χ1v) is 3.48. The van der Waals surface area contributed by atoms with E-state index in [2.05, 4.69) is 22.7 Å². The average molecular weight is 331 g/mol. The number of hydrogen-bond acceptors (Lipinski definition) is 2. The molecule has 0 aliphatic carbocycles. The molecule has 0 aliphatic heterocycles. The first-order valence-electron chi connectivity index (χ1n) is 3.48. The minimum Gasteiger partial charge on any atom is -0.475 e. The first kappa shape index (κ1) is 24.0. The molecule has 13 heavy (non-hydrogen) atoms. The summed E-state index contributed by atoms with van der Waals surface area (Å²) in [5.41, 5.74) is 0.858. The Kier molecular flexibility index (Phi) is 35.4. The fraction of sp³-hybridized carbons (Fsp3) is 0.556. The SMILES string of the molecule is C[C-]=C(C)N=NCC[CH-]C.[CH3-].[Y+3].[Y]. The minimum absolute atomic E-state index is 0. The minimum atomic E-state index is 0. The third-order valence-electron chi connectivity index (χ3n) is 1.10. The monoisotopic (exact) mass is 331 g/mol. The Labute approximate surface area is 133 Å². The Bertz CT molecular complexity index is 134. The second kappa shape index (κ2) is 19.2. The molecular formula is C9H17N2Y2. The van der Waals surface area contributed by atoms with E-state index in [0.29, 0.717) is 0 Å². The summed E-state index contributed by atoms with van der Waals surface area (Å²) in [6, 6.07) is 0. The van der Waals surface area contributed by atoms with Crippen molar-refractivity contribution in [3.05, 3.63) is 25.6 Å². The number of unbranched alkanes of at least 4 members (excludes halogenated alkanes) is 1. The molecule has 0 aliphatic rings. The van der Waals surface area contributed by atoms with Gasteiger partial charge in [0.25, 0.3) is 0 Å². The third kappa shape index (κ3) is 19.8. The van der Waals surface area contributed by atoms with Crippen molar-refractivity contribution in [2.75, 3.05) is 6.54 Å². The molecule has 0 fully saturated rings. The van der Waals surface area contributed by atoms with Crippen molar-refractivity contribution in [2.45, 2.75) is 27.2 Å². The van der Waals surface area contributed by atoms with Crippen LogP contribution in [0.3, 0.4) is 0 Å². The maximum absolute atomic E-state index is 3.93. The van der Waals surface area contributed by atoms with Crippen LogP contribution in [0.1, 0.15) is 27.2 Å². The van der Waals surface area contributed by atoms with Crippen molar-refractivity contribution >= 4 is 0 Å². The van der Waals surface area contributed by atoms with Gasteiger partial charge in [-0.3, -0.25) is 0 Å². The summed E-state index contributed by atoms with van der Waals surface area (Å²) in [6.45, 7) is 6.53. The molecule has 69 valence electrons. The Morgan fingerprint density at radius 3 is 2.38 bits per heavy atom. The van der Waals surface area contributed by atoms with Gasteiger partial charge in [-0.05, 0) is 0 Å². The van der Waals surface area contributed by atoms with Gasteiger partial charge in [0.05, 0.1) is 0 Å². The van der Waals surface area contributed by atoms with Gasteiger partial charge < -0.3 is 19.9 Å². The van der Waals surface area contributed by atoms with Crippen molar-refractivity contribution in [2.24, 2.45) is 10.2 Å². The fourth-order valence-electron chi connectivity index (χ4n) is 0.393. The van der Waals surface area contributed by atoms with Crippen LogP contribution >= 0.6 is 0 Å². The van der Waals surface area contributed by atoms with E-state index in [1.54, 1.807) is 0 Å². The zero-order valence-corrected chi connectivity index (χ0v) is 14.7. The summed E-state index contributed by atoms with van der Waals surface area (Å²) in [6.07, 6.45) is 5.97. The zero-order chi connectivity index (χ0) is 7.82. The molecule has 0 spiro atoms. The molecule has 0 rings (SSSR count).